The van der Waals surface area contributed by atoms with Gasteiger partial charge in [-0.1, -0.05) is 0 Å². The van der Waals surface area contributed by atoms with Crippen LogP contribution in [0, 0.1) is 0 Å². The van der Waals surface area contributed by atoms with Crippen LogP contribution in [0.2, 0.25) is 0 Å². The van der Waals surface area contributed by atoms with Crippen molar-refractivity contribution in [2.75, 3.05) is 21.0 Å². The van der Waals surface area contributed by atoms with Crippen molar-refractivity contribution in [3.05, 3.63) is 0 Å². The Morgan fingerprint density at radius 2 is 1.33 bits per heavy atom. The predicted octanol–water partition coefficient (Wildman–Crippen LogP) is -0.809. The minimum absolute atomic E-state index is 0.750. The first kappa shape index (κ1) is 9.30. The summed E-state index contributed by atoms with van der Waals surface area (Å²) in [4.78, 5) is 0. The Balaban J connectivity index is 0. The number of hydrogen-bond acceptors (Lipinski definition) is 3. The summed E-state index contributed by atoms with van der Waals surface area (Å²) in [5.41, 5.74) is 0. The fourth-order valence-corrected chi connectivity index (χ4v) is 0. The number of aliphatic hydroxyl groups is 2. The predicted molar refractivity (Wildman–Crippen MR) is 22.2 cm³/mol. The summed E-state index contributed by atoms with van der Waals surface area (Å²) >= 11 is 0. The number of rotatable bonds is 0. The molecular formula is C3H10O3. The van der Waals surface area contributed by atoms with Crippen LogP contribution in [0.5, 0.6) is 0 Å². The molecule has 40 valence electrons. The average molecular weight is 94.1 g/mol. The molecule has 0 aliphatic carbocycles. The van der Waals surface area contributed by atoms with Gasteiger partial charge in [0.15, 0.2) is 0 Å². The van der Waals surface area contributed by atoms with Gasteiger partial charge in [0.25, 0.3) is 0 Å². The van der Waals surface area contributed by atoms with E-state index in [1.807, 2.05) is 0 Å². The monoisotopic (exact) mass is 94.1 g/mol. The molecule has 0 aromatic carbocycles. The zero-order chi connectivity index (χ0) is 5.41. The van der Waals surface area contributed by atoms with E-state index in [1.54, 1.807) is 14.2 Å². The smallest absolute Gasteiger partial charge is 0.140 e. The van der Waals surface area contributed by atoms with Crippen molar-refractivity contribution in [1.29, 1.82) is 0 Å². The van der Waals surface area contributed by atoms with Gasteiger partial charge in [0.2, 0.25) is 0 Å². The van der Waals surface area contributed by atoms with Crippen molar-refractivity contribution < 1.29 is 14.9 Å². The zero-order valence-electron chi connectivity index (χ0n) is 4.01. The lowest BCUT2D eigenvalue weighted by Gasteiger charge is -1.61. The summed E-state index contributed by atoms with van der Waals surface area (Å²) in [6.45, 7) is -0.750. The summed E-state index contributed by atoms with van der Waals surface area (Å²) in [7, 11) is 3.25. The maximum absolute atomic E-state index is 7.12. The number of methoxy groups -OCH3 is 1. The fraction of sp³-hybridized carbons (Fsp3) is 1.00. The molecule has 0 aromatic heterocycles. The first-order valence-electron chi connectivity index (χ1n) is 1.45. The molecule has 0 saturated carbocycles. The van der Waals surface area contributed by atoms with Crippen molar-refractivity contribution in [1.82, 2.24) is 0 Å². The lowest BCUT2D eigenvalue weighted by molar-refractivity contribution is 0.0773. The van der Waals surface area contributed by atoms with Crippen LogP contribution in [-0.2, 0) is 4.74 Å². The Kier molecular flexibility index (Phi) is 32.2. The minimum atomic E-state index is -0.750. The molecule has 0 amide bonds. The molecule has 3 nitrogen and oxygen atoms in total. The molecule has 0 spiro atoms. The van der Waals surface area contributed by atoms with Crippen molar-refractivity contribution >= 4 is 0 Å². The van der Waals surface area contributed by atoms with Crippen LogP contribution in [0.3, 0.4) is 0 Å². The van der Waals surface area contributed by atoms with Crippen molar-refractivity contribution in [3.63, 3.8) is 0 Å². The lowest BCUT2D eigenvalue weighted by Crippen LogP contribution is -1.66. The van der Waals surface area contributed by atoms with Crippen LogP contribution in [0.4, 0.5) is 0 Å². The van der Waals surface area contributed by atoms with Crippen LogP contribution in [-0.4, -0.2) is 31.2 Å². The van der Waals surface area contributed by atoms with Gasteiger partial charge in [-0.05, 0) is 0 Å². The van der Waals surface area contributed by atoms with Crippen molar-refractivity contribution in [2.45, 2.75) is 0 Å². The first-order chi connectivity index (χ1) is 2.83. The molecular weight excluding hydrogens is 84.0 g/mol. The molecule has 0 aliphatic rings. The third-order valence-electron chi connectivity index (χ3n) is 0. The van der Waals surface area contributed by atoms with Gasteiger partial charge in [-0.15, -0.1) is 0 Å². The quantitative estimate of drug-likeness (QED) is 0.386. The maximum Gasteiger partial charge on any atom is 0.140 e. The van der Waals surface area contributed by atoms with E-state index < -0.39 is 6.79 Å². The van der Waals surface area contributed by atoms with Crippen LogP contribution in [0.1, 0.15) is 0 Å². The van der Waals surface area contributed by atoms with Crippen LogP contribution in [0.15, 0.2) is 0 Å². The number of aliphatic hydroxyl groups excluding tert-OH is 1. The summed E-state index contributed by atoms with van der Waals surface area (Å²) in [6.07, 6.45) is 0. The molecule has 0 aromatic rings. The number of ether oxygens (including phenoxy) is 1. The number of hydrogen-bond donors (Lipinski definition) is 2. The summed E-state index contributed by atoms with van der Waals surface area (Å²) < 4.78 is 4.25. The van der Waals surface area contributed by atoms with Gasteiger partial charge < -0.3 is 14.9 Å². The van der Waals surface area contributed by atoms with Gasteiger partial charge >= 0.3 is 0 Å². The second-order valence-corrected chi connectivity index (χ2v) is 0.550. The van der Waals surface area contributed by atoms with E-state index in [1.165, 1.54) is 0 Å². The Morgan fingerprint density at radius 1 is 1.33 bits per heavy atom. The van der Waals surface area contributed by atoms with Gasteiger partial charge in [0.05, 0.1) is 0 Å². The third-order valence-corrected chi connectivity index (χ3v) is 0. The van der Waals surface area contributed by atoms with Gasteiger partial charge in [0, 0.05) is 14.2 Å². The Hall–Kier alpha value is -0.120. The van der Waals surface area contributed by atoms with E-state index in [2.05, 4.69) is 4.74 Å². The van der Waals surface area contributed by atoms with Gasteiger partial charge in [-0.25, -0.2) is 0 Å². The van der Waals surface area contributed by atoms with E-state index in [0.29, 0.717) is 0 Å². The van der Waals surface area contributed by atoms with Crippen molar-refractivity contribution in [2.24, 2.45) is 0 Å². The normalized spacial score (nSPS) is 6.00. The highest BCUT2D eigenvalue weighted by Gasteiger charge is 1.32. The zero-order valence-corrected chi connectivity index (χ0v) is 4.01. The SMILES string of the molecule is COC.OCO. The van der Waals surface area contributed by atoms with Crippen LogP contribution < -0.4 is 0 Å². The van der Waals surface area contributed by atoms with Crippen LogP contribution >= 0.6 is 0 Å². The van der Waals surface area contributed by atoms with E-state index in [-0.39, 0.29) is 0 Å². The summed E-state index contributed by atoms with van der Waals surface area (Å²) in [5.74, 6) is 0. The molecule has 0 aliphatic heterocycles. The molecule has 0 unspecified atom stereocenters. The standard InChI is InChI=1S/C2H6O.CH4O2/c1-3-2;2-1-3/h1-2H3;2-3H,1H2. The fourth-order valence-electron chi connectivity index (χ4n) is 0. The topological polar surface area (TPSA) is 49.7 Å². The van der Waals surface area contributed by atoms with E-state index in [0.717, 1.165) is 0 Å². The lowest BCUT2D eigenvalue weighted by atomic mass is 11.6. The highest BCUT2D eigenvalue weighted by atomic mass is 16.5. The van der Waals surface area contributed by atoms with E-state index >= 15 is 0 Å². The molecule has 0 rings (SSSR count). The summed E-state index contributed by atoms with van der Waals surface area (Å²) in [5, 5.41) is 14.2. The first-order valence-corrected chi connectivity index (χ1v) is 1.45. The van der Waals surface area contributed by atoms with Crippen LogP contribution in [0.25, 0.3) is 0 Å². The molecule has 0 bridgehead atoms. The molecule has 0 atom stereocenters. The molecule has 6 heavy (non-hydrogen) atoms. The minimum Gasteiger partial charge on any atom is -0.388 e. The molecule has 2 N–H and O–H groups in total. The largest absolute Gasteiger partial charge is 0.388 e. The molecule has 0 heterocycles. The molecule has 3 heteroatoms. The Bertz CT molecular complexity index is 8.00. The van der Waals surface area contributed by atoms with E-state index in [9.17, 15) is 0 Å². The second kappa shape index (κ2) is 20.8. The molecule has 0 radical (unpaired) electrons. The average Bonchev–Trinajstić information content (AvgIpc) is 1.39. The Labute approximate surface area is 37.2 Å². The summed E-state index contributed by atoms with van der Waals surface area (Å²) in [6, 6.07) is 0. The third kappa shape index (κ3) is 2230. The molecule has 0 fully saturated rings. The van der Waals surface area contributed by atoms with Crippen molar-refractivity contribution in [3.8, 4) is 0 Å². The van der Waals surface area contributed by atoms with Gasteiger partial charge in [-0.3, -0.25) is 0 Å². The Morgan fingerprint density at radius 3 is 1.33 bits per heavy atom. The highest BCUT2D eigenvalue weighted by molar-refractivity contribution is 3.56. The maximum atomic E-state index is 7.12. The van der Waals surface area contributed by atoms with E-state index in [4.69, 9.17) is 10.2 Å². The second-order valence-electron chi connectivity index (χ2n) is 0.550. The molecule has 0 saturated heterocycles. The van der Waals surface area contributed by atoms with Gasteiger partial charge in [-0.2, -0.15) is 0 Å². The highest BCUT2D eigenvalue weighted by Crippen LogP contribution is 1.28. The van der Waals surface area contributed by atoms with Gasteiger partial charge in [0.1, 0.15) is 6.79 Å².